The average Bonchev–Trinajstić information content (AvgIpc) is 2.74. The molecular formula is C12H13BrN2O. The predicted molar refractivity (Wildman–Crippen MR) is 65.2 cm³/mol. The molecule has 1 aliphatic heterocycles. The fourth-order valence-corrected chi connectivity index (χ4v) is 2.90. The van der Waals surface area contributed by atoms with Crippen molar-refractivity contribution in [2.75, 3.05) is 13.1 Å². The molecule has 84 valence electrons. The van der Waals surface area contributed by atoms with E-state index in [2.05, 4.69) is 26.6 Å². The van der Waals surface area contributed by atoms with E-state index in [0.717, 1.165) is 23.1 Å². The van der Waals surface area contributed by atoms with Gasteiger partial charge < -0.3 is 10.6 Å². The van der Waals surface area contributed by atoms with Crippen LogP contribution in [0.4, 0.5) is 0 Å². The van der Waals surface area contributed by atoms with Gasteiger partial charge in [-0.25, -0.2) is 0 Å². The van der Waals surface area contributed by atoms with Crippen molar-refractivity contribution < 1.29 is 4.79 Å². The lowest BCUT2D eigenvalue weighted by Crippen LogP contribution is -2.32. The minimum absolute atomic E-state index is 0.0423. The number of hydrogen-bond donors (Lipinski definition) is 2. The maximum atomic E-state index is 11.9. The van der Waals surface area contributed by atoms with Crippen LogP contribution < -0.4 is 10.6 Å². The zero-order chi connectivity index (χ0) is 11.1. The molecule has 4 heteroatoms. The topological polar surface area (TPSA) is 41.1 Å². The number of piperidine rings is 1. The van der Waals surface area contributed by atoms with Crippen molar-refractivity contribution in [3.63, 3.8) is 0 Å². The van der Waals surface area contributed by atoms with Crippen LogP contribution in [0.25, 0.3) is 0 Å². The molecule has 16 heavy (non-hydrogen) atoms. The van der Waals surface area contributed by atoms with E-state index in [4.69, 9.17) is 0 Å². The Labute approximate surface area is 103 Å². The molecular weight excluding hydrogens is 268 g/mol. The van der Waals surface area contributed by atoms with E-state index in [1.165, 1.54) is 0 Å². The number of benzene rings is 1. The van der Waals surface area contributed by atoms with E-state index in [1.54, 1.807) is 0 Å². The molecule has 1 saturated heterocycles. The molecule has 2 unspecified atom stereocenters. The normalized spacial score (nSPS) is 30.9. The average molecular weight is 281 g/mol. The molecule has 0 aromatic heterocycles. The number of carbonyl (C=O) groups is 1. The van der Waals surface area contributed by atoms with Crippen LogP contribution in [0, 0.1) is 11.8 Å². The molecule has 1 aromatic rings. The Morgan fingerprint density at radius 3 is 2.81 bits per heavy atom. The molecule has 3 nitrogen and oxygen atoms in total. The maximum absolute atomic E-state index is 11.9. The Bertz CT molecular complexity index is 425. The standard InChI is InChI=1S/C12H13BrN2O/c13-8-3-1-2-7(4-8)12(16)15-11-9-5-14-6-10(9)11/h1-4,9-11,14H,5-6H2,(H,15,16). The highest BCUT2D eigenvalue weighted by Gasteiger charge is 2.53. The van der Waals surface area contributed by atoms with Crippen LogP contribution in [0.15, 0.2) is 28.7 Å². The third-order valence-corrected chi connectivity index (χ3v) is 3.97. The fraction of sp³-hybridized carbons (Fsp3) is 0.417. The third-order valence-electron chi connectivity index (χ3n) is 3.48. The summed E-state index contributed by atoms with van der Waals surface area (Å²) in [5.74, 6) is 1.37. The lowest BCUT2D eigenvalue weighted by Gasteiger charge is -2.07. The number of nitrogens with one attached hydrogen (secondary N) is 2. The van der Waals surface area contributed by atoms with Gasteiger partial charge in [-0.05, 0) is 30.0 Å². The number of hydrogen-bond acceptors (Lipinski definition) is 2. The van der Waals surface area contributed by atoms with Gasteiger partial charge in [-0.1, -0.05) is 22.0 Å². The summed E-state index contributed by atoms with van der Waals surface area (Å²) in [7, 11) is 0. The summed E-state index contributed by atoms with van der Waals surface area (Å²) in [4.78, 5) is 11.9. The van der Waals surface area contributed by atoms with E-state index in [0.29, 0.717) is 17.9 Å². The van der Waals surface area contributed by atoms with Crippen LogP contribution in [-0.4, -0.2) is 25.0 Å². The zero-order valence-electron chi connectivity index (χ0n) is 8.74. The van der Waals surface area contributed by atoms with E-state index >= 15 is 0 Å². The van der Waals surface area contributed by atoms with Gasteiger partial charge in [-0.2, -0.15) is 0 Å². The SMILES string of the molecule is O=C(NC1C2CNCC21)c1cccc(Br)c1. The van der Waals surface area contributed by atoms with Crippen LogP contribution in [-0.2, 0) is 0 Å². The van der Waals surface area contributed by atoms with Crippen molar-refractivity contribution in [2.24, 2.45) is 11.8 Å². The molecule has 2 atom stereocenters. The molecule has 0 bridgehead atoms. The molecule has 1 amide bonds. The first-order valence-electron chi connectivity index (χ1n) is 5.53. The van der Waals surface area contributed by atoms with Crippen molar-refractivity contribution in [2.45, 2.75) is 6.04 Å². The maximum Gasteiger partial charge on any atom is 0.251 e. The van der Waals surface area contributed by atoms with Gasteiger partial charge in [0, 0.05) is 29.2 Å². The number of rotatable bonds is 2. The van der Waals surface area contributed by atoms with Gasteiger partial charge in [0.1, 0.15) is 0 Å². The van der Waals surface area contributed by atoms with E-state index in [-0.39, 0.29) is 5.91 Å². The van der Waals surface area contributed by atoms with Crippen LogP contribution in [0.3, 0.4) is 0 Å². The third kappa shape index (κ3) is 1.76. The summed E-state index contributed by atoms with van der Waals surface area (Å²) in [5, 5.41) is 6.41. The summed E-state index contributed by atoms with van der Waals surface area (Å²) < 4.78 is 0.942. The molecule has 1 aliphatic carbocycles. The zero-order valence-corrected chi connectivity index (χ0v) is 10.3. The predicted octanol–water partition coefficient (Wildman–Crippen LogP) is 1.40. The number of carbonyl (C=O) groups excluding carboxylic acids is 1. The highest BCUT2D eigenvalue weighted by atomic mass is 79.9. The van der Waals surface area contributed by atoms with Gasteiger partial charge in [0.2, 0.25) is 0 Å². The fourth-order valence-electron chi connectivity index (χ4n) is 2.50. The Morgan fingerprint density at radius 2 is 2.12 bits per heavy atom. The van der Waals surface area contributed by atoms with Gasteiger partial charge >= 0.3 is 0 Å². The molecule has 0 radical (unpaired) electrons. The summed E-state index contributed by atoms with van der Waals surface area (Å²) >= 11 is 3.37. The van der Waals surface area contributed by atoms with Gasteiger partial charge in [0.25, 0.3) is 5.91 Å². The Hall–Kier alpha value is -0.870. The lowest BCUT2D eigenvalue weighted by atomic mass is 10.2. The summed E-state index contributed by atoms with van der Waals surface area (Å²) in [6.45, 7) is 2.10. The Morgan fingerprint density at radius 1 is 1.38 bits per heavy atom. The highest BCUT2D eigenvalue weighted by Crippen LogP contribution is 2.41. The van der Waals surface area contributed by atoms with Gasteiger partial charge in [0.15, 0.2) is 0 Å². The molecule has 3 rings (SSSR count). The smallest absolute Gasteiger partial charge is 0.251 e. The quantitative estimate of drug-likeness (QED) is 0.860. The Kier molecular flexibility index (Phi) is 2.48. The van der Waals surface area contributed by atoms with Gasteiger partial charge in [-0.3, -0.25) is 4.79 Å². The van der Waals surface area contributed by atoms with Crippen molar-refractivity contribution >= 4 is 21.8 Å². The van der Waals surface area contributed by atoms with Gasteiger partial charge in [0.05, 0.1) is 0 Å². The molecule has 2 fully saturated rings. The van der Waals surface area contributed by atoms with Crippen LogP contribution in [0.2, 0.25) is 0 Å². The van der Waals surface area contributed by atoms with E-state index < -0.39 is 0 Å². The molecule has 1 saturated carbocycles. The number of amides is 1. The lowest BCUT2D eigenvalue weighted by molar-refractivity contribution is 0.0946. The monoisotopic (exact) mass is 280 g/mol. The summed E-state index contributed by atoms with van der Waals surface area (Å²) in [6, 6.07) is 7.90. The van der Waals surface area contributed by atoms with E-state index in [9.17, 15) is 4.79 Å². The second kappa shape index (κ2) is 3.86. The van der Waals surface area contributed by atoms with Crippen molar-refractivity contribution in [1.82, 2.24) is 10.6 Å². The van der Waals surface area contributed by atoms with Gasteiger partial charge in [-0.15, -0.1) is 0 Å². The number of fused-ring (bicyclic) bond motifs is 1. The van der Waals surface area contributed by atoms with Crippen LogP contribution >= 0.6 is 15.9 Å². The first-order chi connectivity index (χ1) is 7.75. The first kappa shape index (κ1) is 10.3. The largest absolute Gasteiger partial charge is 0.349 e. The van der Waals surface area contributed by atoms with Crippen molar-refractivity contribution in [1.29, 1.82) is 0 Å². The molecule has 1 heterocycles. The molecule has 0 spiro atoms. The Balaban J connectivity index is 1.66. The van der Waals surface area contributed by atoms with E-state index in [1.807, 2.05) is 24.3 Å². The first-order valence-corrected chi connectivity index (χ1v) is 6.32. The summed E-state index contributed by atoms with van der Waals surface area (Å²) in [6.07, 6.45) is 0. The second-order valence-electron chi connectivity index (χ2n) is 4.50. The minimum atomic E-state index is 0.0423. The van der Waals surface area contributed by atoms with Crippen molar-refractivity contribution in [3.05, 3.63) is 34.3 Å². The molecule has 2 aliphatic rings. The molecule has 1 aromatic carbocycles. The van der Waals surface area contributed by atoms with Crippen molar-refractivity contribution in [3.8, 4) is 0 Å². The highest BCUT2D eigenvalue weighted by molar-refractivity contribution is 9.10. The number of halogens is 1. The summed E-state index contributed by atoms with van der Waals surface area (Å²) in [5.41, 5.74) is 0.729. The second-order valence-corrected chi connectivity index (χ2v) is 5.41. The minimum Gasteiger partial charge on any atom is -0.349 e. The molecule has 2 N–H and O–H groups in total. The van der Waals surface area contributed by atoms with Crippen LogP contribution in [0.5, 0.6) is 0 Å². The van der Waals surface area contributed by atoms with Crippen LogP contribution in [0.1, 0.15) is 10.4 Å².